The zero-order valence-electron chi connectivity index (χ0n) is 6.88. The topological polar surface area (TPSA) is 39.2 Å². The van der Waals surface area contributed by atoms with Gasteiger partial charge >= 0.3 is 5.97 Å². The normalized spacial score (nSPS) is 9.77. The quantitative estimate of drug-likeness (QED) is 0.541. The van der Waals surface area contributed by atoms with Gasteiger partial charge in [0.2, 0.25) is 5.95 Å². The molecule has 0 unspecified atom stereocenters. The summed E-state index contributed by atoms with van der Waals surface area (Å²) in [5, 5.41) is 0.256. The Hall–Kier alpha value is -1.16. The second kappa shape index (κ2) is 4.18. The van der Waals surface area contributed by atoms with Crippen molar-refractivity contribution in [3.05, 3.63) is 28.8 Å². The molecule has 0 spiro atoms. The minimum absolute atomic E-state index is 0.118. The van der Waals surface area contributed by atoms with Gasteiger partial charge in [0.25, 0.3) is 0 Å². The predicted octanol–water partition coefficient (Wildman–Crippen LogP) is 1.59. The van der Waals surface area contributed by atoms with Crippen LogP contribution in [0.2, 0.25) is 5.02 Å². The third-order valence-electron chi connectivity index (χ3n) is 1.42. The van der Waals surface area contributed by atoms with Gasteiger partial charge in [-0.15, -0.1) is 0 Å². The van der Waals surface area contributed by atoms with Crippen LogP contribution in [0.3, 0.4) is 0 Å². The van der Waals surface area contributed by atoms with Crippen molar-refractivity contribution in [2.45, 2.75) is 6.42 Å². The fourth-order valence-electron chi connectivity index (χ4n) is 0.791. The molecular formula is C8H7ClFNO2. The van der Waals surface area contributed by atoms with Gasteiger partial charge in [-0.05, 0) is 12.1 Å². The Kier molecular flexibility index (Phi) is 3.19. The first-order valence-electron chi connectivity index (χ1n) is 3.51. The van der Waals surface area contributed by atoms with Gasteiger partial charge in [0.15, 0.2) is 0 Å². The monoisotopic (exact) mass is 203 g/mol. The van der Waals surface area contributed by atoms with E-state index in [2.05, 4.69) is 9.72 Å². The molecule has 0 fully saturated rings. The predicted molar refractivity (Wildman–Crippen MR) is 44.9 cm³/mol. The van der Waals surface area contributed by atoms with Gasteiger partial charge in [-0.3, -0.25) is 4.79 Å². The molecule has 0 saturated carbocycles. The van der Waals surface area contributed by atoms with Gasteiger partial charge in [-0.1, -0.05) is 11.6 Å². The first-order valence-corrected chi connectivity index (χ1v) is 3.89. The van der Waals surface area contributed by atoms with E-state index in [1.54, 1.807) is 0 Å². The van der Waals surface area contributed by atoms with Crippen LogP contribution >= 0.6 is 11.6 Å². The average molecular weight is 204 g/mol. The second-order valence-electron chi connectivity index (χ2n) is 2.32. The molecule has 1 heterocycles. The maximum Gasteiger partial charge on any atom is 0.311 e. The van der Waals surface area contributed by atoms with Gasteiger partial charge in [0.05, 0.1) is 24.2 Å². The summed E-state index contributed by atoms with van der Waals surface area (Å²) in [7, 11) is 1.25. The number of esters is 1. The van der Waals surface area contributed by atoms with Crippen molar-refractivity contribution in [2.24, 2.45) is 0 Å². The number of carbonyl (C=O) groups is 1. The van der Waals surface area contributed by atoms with Crippen molar-refractivity contribution in [3.8, 4) is 0 Å². The number of rotatable bonds is 2. The van der Waals surface area contributed by atoms with Gasteiger partial charge in [-0.25, -0.2) is 4.98 Å². The Morgan fingerprint density at radius 1 is 1.69 bits per heavy atom. The van der Waals surface area contributed by atoms with Crippen LogP contribution in [0.15, 0.2) is 12.1 Å². The molecule has 0 amide bonds. The lowest BCUT2D eigenvalue weighted by Crippen LogP contribution is -2.07. The molecule has 3 nitrogen and oxygen atoms in total. The number of hydrogen-bond donors (Lipinski definition) is 0. The zero-order valence-corrected chi connectivity index (χ0v) is 7.64. The molecule has 0 aliphatic rings. The molecule has 5 heteroatoms. The summed E-state index contributed by atoms with van der Waals surface area (Å²) in [4.78, 5) is 14.3. The van der Waals surface area contributed by atoms with Crippen LogP contribution < -0.4 is 0 Å². The number of nitrogens with zero attached hydrogens (tertiary/aromatic N) is 1. The van der Waals surface area contributed by atoms with Crippen molar-refractivity contribution in [1.82, 2.24) is 4.98 Å². The van der Waals surface area contributed by atoms with E-state index in [1.807, 2.05) is 0 Å². The van der Waals surface area contributed by atoms with E-state index in [0.717, 1.165) is 6.07 Å². The number of aromatic nitrogens is 1. The van der Waals surface area contributed by atoms with E-state index >= 15 is 0 Å². The molecule has 1 aromatic rings. The van der Waals surface area contributed by atoms with Gasteiger partial charge in [0.1, 0.15) is 0 Å². The molecule has 1 rings (SSSR count). The smallest absolute Gasteiger partial charge is 0.311 e. The number of pyridine rings is 1. The Labute approximate surface area is 79.5 Å². The van der Waals surface area contributed by atoms with E-state index in [4.69, 9.17) is 11.6 Å². The number of hydrogen-bond acceptors (Lipinski definition) is 3. The molecule has 0 aliphatic carbocycles. The van der Waals surface area contributed by atoms with E-state index in [0.29, 0.717) is 0 Å². The van der Waals surface area contributed by atoms with Crippen LogP contribution in [-0.2, 0) is 16.0 Å². The van der Waals surface area contributed by atoms with Crippen LogP contribution in [0.4, 0.5) is 4.39 Å². The molecule has 0 radical (unpaired) electrons. The first kappa shape index (κ1) is 9.92. The molecule has 1 aromatic heterocycles. The SMILES string of the molecule is COC(=O)Cc1nc(F)ccc1Cl. The molecule has 70 valence electrons. The molecular weight excluding hydrogens is 197 g/mol. The fraction of sp³-hybridized carbons (Fsp3) is 0.250. The third-order valence-corrected chi connectivity index (χ3v) is 1.77. The summed E-state index contributed by atoms with van der Waals surface area (Å²) in [6.07, 6.45) is -0.118. The van der Waals surface area contributed by atoms with Crippen LogP contribution in [-0.4, -0.2) is 18.1 Å². The van der Waals surface area contributed by atoms with Crippen LogP contribution in [0.1, 0.15) is 5.69 Å². The number of ether oxygens (including phenoxy) is 1. The largest absolute Gasteiger partial charge is 0.469 e. The average Bonchev–Trinajstić information content (AvgIpc) is 2.11. The zero-order chi connectivity index (χ0) is 9.84. The molecule has 0 aliphatic heterocycles. The number of carbonyl (C=O) groups excluding carboxylic acids is 1. The van der Waals surface area contributed by atoms with Gasteiger partial charge in [0, 0.05) is 0 Å². The highest BCUT2D eigenvalue weighted by molar-refractivity contribution is 6.31. The molecule has 13 heavy (non-hydrogen) atoms. The third kappa shape index (κ3) is 2.66. The highest BCUT2D eigenvalue weighted by Crippen LogP contribution is 2.14. The molecule has 0 N–H and O–H groups in total. The van der Waals surface area contributed by atoms with Crippen LogP contribution in [0, 0.1) is 5.95 Å². The highest BCUT2D eigenvalue weighted by atomic mass is 35.5. The number of methoxy groups -OCH3 is 1. The first-order chi connectivity index (χ1) is 6.13. The minimum atomic E-state index is -0.664. The summed E-state index contributed by atoms with van der Waals surface area (Å²) in [6.45, 7) is 0. The van der Waals surface area contributed by atoms with Crippen molar-refractivity contribution in [1.29, 1.82) is 0 Å². The van der Waals surface area contributed by atoms with Crippen molar-refractivity contribution in [3.63, 3.8) is 0 Å². The second-order valence-corrected chi connectivity index (χ2v) is 2.72. The summed E-state index contributed by atoms with van der Waals surface area (Å²) >= 11 is 5.66. The molecule has 0 aromatic carbocycles. The maximum atomic E-state index is 12.6. The van der Waals surface area contributed by atoms with Crippen molar-refractivity contribution in [2.75, 3.05) is 7.11 Å². The summed E-state index contributed by atoms with van der Waals surface area (Å²) in [5.41, 5.74) is 0.188. The van der Waals surface area contributed by atoms with Crippen molar-refractivity contribution >= 4 is 17.6 Å². The Bertz CT molecular complexity index is 330. The Morgan fingerprint density at radius 2 is 2.38 bits per heavy atom. The maximum absolute atomic E-state index is 12.6. The van der Waals surface area contributed by atoms with E-state index in [-0.39, 0.29) is 17.1 Å². The highest BCUT2D eigenvalue weighted by Gasteiger charge is 2.09. The minimum Gasteiger partial charge on any atom is -0.469 e. The van der Waals surface area contributed by atoms with E-state index < -0.39 is 11.9 Å². The fourth-order valence-corrected chi connectivity index (χ4v) is 0.963. The van der Waals surface area contributed by atoms with Gasteiger partial charge in [-0.2, -0.15) is 4.39 Å². The van der Waals surface area contributed by atoms with Crippen LogP contribution in [0.5, 0.6) is 0 Å². The summed E-state index contributed by atoms with van der Waals surface area (Å²) in [5.74, 6) is -1.16. The molecule has 0 atom stereocenters. The standard InChI is InChI=1S/C8H7ClFNO2/c1-13-8(12)4-6-5(9)2-3-7(10)11-6/h2-3H,4H2,1H3. The van der Waals surface area contributed by atoms with Crippen LogP contribution in [0.25, 0.3) is 0 Å². The van der Waals surface area contributed by atoms with E-state index in [1.165, 1.54) is 13.2 Å². The molecule has 0 bridgehead atoms. The van der Waals surface area contributed by atoms with Crippen molar-refractivity contribution < 1.29 is 13.9 Å². The number of halogens is 2. The Balaban J connectivity index is 2.87. The lowest BCUT2D eigenvalue weighted by molar-refractivity contribution is -0.139. The molecule has 0 saturated heterocycles. The summed E-state index contributed by atoms with van der Waals surface area (Å²) < 4.78 is 17.0. The Morgan fingerprint density at radius 3 is 3.00 bits per heavy atom. The van der Waals surface area contributed by atoms with E-state index in [9.17, 15) is 9.18 Å². The lowest BCUT2D eigenvalue weighted by atomic mass is 10.3. The summed E-state index contributed by atoms with van der Waals surface area (Å²) in [6, 6.07) is 2.48. The lowest BCUT2D eigenvalue weighted by Gasteiger charge is -2.01. The van der Waals surface area contributed by atoms with Gasteiger partial charge < -0.3 is 4.74 Å².